The van der Waals surface area contributed by atoms with Gasteiger partial charge in [-0.15, -0.1) is 0 Å². The van der Waals surface area contributed by atoms with Crippen LogP contribution in [0.5, 0.6) is 0 Å². The van der Waals surface area contributed by atoms with Crippen molar-refractivity contribution in [2.24, 2.45) is 0 Å². The predicted molar refractivity (Wildman–Crippen MR) is 96.2 cm³/mol. The number of hydrogen-bond donors (Lipinski definition) is 0. The van der Waals surface area contributed by atoms with Gasteiger partial charge in [0.1, 0.15) is 0 Å². The molecule has 2 aromatic heterocycles. The van der Waals surface area contributed by atoms with Crippen LogP contribution in [0.3, 0.4) is 0 Å². The zero-order valence-corrected chi connectivity index (χ0v) is 13.6. The summed E-state index contributed by atoms with van der Waals surface area (Å²) in [6, 6.07) is 14.6. The minimum Gasteiger partial charge on any atom is -0.368 e. The summed E-state index contributed by atoms with van der Waals surface area (Å²) in [5, 5.41) is 1.12. The van der Waals surface area contributed by atoms with Crippen molar-refractivity contribution >= 4 is 22.2 Å². The van der Waals surface area contributed by atoms with Gasteiger partial charge >= 0.3 is 0 Å². The van der Waals surface area contributed by atoms with E-state index >= 15 is 0 Å². The Balaban J connectivity index is 1.44. The van der Waals surface area contributed by atoms with Gasteiger partial charge in [-0.05, 0) is 17.7 Å². The van der Waals surface area contributed by atoms with Crippen molar-refractivity contribution in [2.45, 2.75) is 0 Å². The second-order valence-corrected chi connectivity index (χ2v) is 6.56. The molecule has 1 fully saturated rings. The summed E-state index contributed by atoms with van der Waals surface area (Å²) in [6.07, 6.45) is 5.70. The molecule has 0 bridgehead atoms. The summed E-state index contributed by atoms with van der Waals surface area (Å²) in [6.45, 7) is 4.04. The minimum atomic E-state index is 1.00. The van der Waals surface area contributed by atoms with E-state index in [4.69, 9.17) is 0 Å². The molecule has 0 N–H and O–H groups in total. The highest BCUT2D eigenvalue weighted by atomic mass is 32.1. The molecule has 0 saturated carbocycles. The second-order valence-electron chi connectivity index (χ2n) is 5.55. The van der Waals surface area contributed by atoms with Gasteiger partial charge in [0.05, 0.1) is 4.88 Å². The van der Waals surface area contributed by atoms with Crippen LogP contribution in [-0.4, -0.2) is 36.1 Å². The quantitative estimate of drug-likeness (QED) is 0.738. The summed E-state index contributed by atoms with van der Waals surface area (Å²) < 4.78 is 0. The number of hydrogen-bond acceptors (Lipinski definition) is 5. The molecule has 0 atom stereocenters. The number of pyridine rings is 1. The SMILES string of the molecule is c1ccc(-c2cnc(N3CCN(c4ccncc4)CC3)s2)cc1. The monoisotopic (exact) mass is 322 g/mol. The molecule has 23 heavy (non-hydrogen) atoms. The van der Waals surface area contributed by atoms with E-state index in [9.17, 15) is 0 Å². The van der Waals surface area contributed by atoms with Crippen molar-refractivity contribution in [1.29, 1.82) is 0 Å². The molecule has 3 heterocycles. The average molecular weight is 322 g/mol. The first-order valence-electron chi connectivity index (χ1n) is 7.81. The van der Waals surface area contributed by atoms with Crippen molar-refractivity contribution in [1.82, 2.24) is 9.97 Å². The maximum absolute atomic E-state index is 4.63. The van der Waals surface area contributed by atoms with Crippen LogP contribution in [0.1, 0.15) is 0 Å². The normalized spacial score (nSPS) is 15.0. The molecular formula is C18H18N4S. The lowest BCUT2D eigenvalue weighted by atomic mass is 10.2. The predicted octanol–water partition coefficient (Wildman–Crippen LogP) is 3.53. The fourth-order valence-corrected chi connectivity index (χ4v) is 3.83. The molecule has 1 aromatic carbocycles. The van der Waals surface area contributed by atoms with E-state index in [1.165, 1.54) is 16.1 Å². The van der Waals surface area contributed by atoms with Gasteiger partial charge in [0.2, 0.25) is 0 Å². The smallest absolute Gasteiger partial charge is 0.185 e. The standard InChI is InChI=1S/C18H18N4S/c1-2-4-15(5-3-1)17-14-20-18(23-17)22-12-10-21(11-13-22)16-6-8-19-9-7-16/h1-9,14H,10-13H2. The summed E-state index contributed by atoms with van der Waals surface area (Å²) in [7, 11) is 0. The van der Waals surface area contributed by atoms with Gasteiger partial charge in [0.25, 0.3) is 0 Å². The molecule has 116 valence electrons. The third kappa shape index (κ3) is 3.05. The molecule has 4 rings (SSSR count). The second kappa shape index (κ2) is 6.38. The van der Waals surface area contributed by atoms with Crippen LogP contribution in [0, 0.1) is 0 Å². The van der Waals surface area contributed by atoms with Crippen LogP contribution in [0.2, 0.25) is 0 Å². The van der Waals surface area contributed by atoms with Crippen molar-refractivity contribution in [3.05, 3.63) is 61.1 Å². The maximum Gasteiger partial charge on any atom is 0.185 e. The third-order valence-corrected chi connectivity index (χ3v) is 5.24. The lowest BCUT2D eigenvalue weighted by Gasteiger charge is -2.35. The molecule has 1 saturated heterocycles. The number of rotatable bonds is 3. The number of nitrogens with zero attached hydrogens (tertiary/aromatic N) is 4. The summed E-state index contributed by atoms with van der Waals surface area (Å²) >= 11 is 1.78. The Morgan fingerprint density at radius 1 is 0.826 bits per heavy atom. The lowest BCUT2D eigenvalue weighted by molar-refractivity contribution is 0.652. The van der Waals surface area contributed by atoms with Crippen LogP contribution in [0.4, 0.5) is 10.8 Å². The van der Waals surface area contributed by atoms with Gasteiger partial charge in [0.15, 0.2) is 5.13 Å². The summed E-state index contributed by atoms with van der Waals surface area (Å²) in [5.74, 6) is 0. The van der Waals surface area contributed by atoms with Crippen molar-refractivity contribution in [2.75, 3.05) is 36.0 Å². The van der Waals surface area contributed by atoms with Gasteiger partial charge in [-0.1, -0.05) is 41.7 Å². The van der Waals surface area contributed by atoms with E-state index in [1.54, 1.807) is 11.3 Å². The molecular weight excluding hydrogens is 304 g/mol. The Morgan fingerprint density at radius 2 is 1.52 bits per heavy atom. The number of aromatic nitrogens is 2. The third-order valence-electron chi connectivity index (χ3n) is 4.13. The van der Waals surface area contributed by atoms with Crippen LogP contribution in [-0.2, 0) is 0 Å². The lowest BCUT2D eigenvalue weighted by Crippen LogP contribution is -2.46. The van der Waals surface area contributed by atoms with Gasteiger partial charge < -0.3 is 9.80 Å². The molecule has 5 heteroatoms. The van der Waals surface area contributed by atoms with Crippen molar-refractivity contribution < 1.29 is 0 Å². The molecule has 1 aliphatic heterocycles. The van der Waals surface area contributed by atoms with E-state index in [0.29, 0.717) is 0 Å². The molecule has 0 aliphatic carbocycles. The maximum atomic E-state index is 4.63. The van der Waals surface area contributed by atoms with E-state index in [1.807, 2.05) is 24.7 Å². The van der Waals surface area contributed by atoms with Crippen molar-refractivity contribution in [3.8, 4) is 10.4 Å². The van der Waals surface area contributed by atoms with Crippen LogP contribution < -0.4 is 9.80 Å². The van der Waals surface area contributed by atoms with Crippen LogP contribution in [0.25, 0.3) is 10.4 Å². The summed E-state index contributed by atoms with van der Waals surface area (Å²) in [5.41, 5.74) is 2.50. The molecule has 4 nitrogen and oxygen atoms in total. The fourth-order valence-electron chi connectivity index (χ4n) is 2.86. The van der Waals surface area contributed by atoms with E-state index < -0.39 is 0 Å². The first-order chi connectivity index (χ1) is 11.4. The Hall–Kier alpha value is -2.40. The Kier molecular flexibility index (Phi) is 3.94. The van der Waals surface area contributed by atoms with Gasteiger partial charge in [-0.25, -0.2) is 4.98 Å². The number of benzene rings is 1. The Bertz CT molecular complexity index is 749. The first-order valence-corrected chi connectivity index (χ1v) is 8.63. The van der Waals surface area contributed by atoms with Gasteiger partial charge in [0, 0.05) is 50.5 Å². The number of anilines is 2. The van der Waals surface area contributed by atoms with Crippen LogP contribution in [0.15, 0.2) is 61.1 Å². The average Bonchev–Trinajstić information content (AvgIpc) is 3.14. The highest BCUT2D eigenvalue weighted by Crippen LogP contribution is 2.31. The largest absolute Gasteiger partial charge is 0.368 e. The van der Waals surface area contributed by atoms with Crippen molar-refractivity contribution in [3.63, 3.8) is 0 Å². The topological polar surface area (TPSA) is 32.3 Å². The summed E-state index contributed by atoms with van der Waals surface area (Å²) in [4.78, 5) is 14.7. The first kappa shape index (κ1) is 14.2. The van der Waals surface area contributed by atoms with Crippen LogP contribution >= 0.6 is 11.3 Å². The molecule has 0 radical (unpaired) electrons. The molecule has 0 amide bonds. The molecule has 1 aliphatic rings. The van der Waals surface area contributed by atoms with E-state index in [2.05, 4.69) is 56.2 Å². The zero-order chi connectivity index (χ0) is 15.5. The van der Waals surface area contributed by atoms with E-state index in [0.717, 1.165) is 31.3 Å². The van der Waals surface area contributed by atoms with Gasteiger partial charge in [-0.3, -0.25) is 4.98 Å². The minimum absolute atomic E-state index is 1.00. The molecule has 0 spiro atoms. The van der Waals surface area contributed by atoms with Gasteiger partial charge in [-0.2, -0.15) is 0 Å². The fraction of sp³-hybridized carbons (Fsp3) is 0.222. The highest BCUT2D eigenvalue weighted by molar-refractivity contribution is 7.18. The number of thiazole rings is 1. The highest BCUT2D eigenvalue weighted by Gasteiger charge is 2.19. The Morgan fingerprint density at radius 3 is 2.26 bits per heavy atom. The number of piperazine rings is 1. The van der Waals surface area contributed by atoms with E-state index in [-0.39, 0.29) is 0 Å². The Labute approximate surface area is 140 Å². The molecule has 3 aromatic rings. The zero-order valence-electron chi connectivity index (χ0n) is 12.8. The molecule has 0 unspecified atom stereocenters.